The first kappa shape index (κ1) is 23.7. The van der Waals surface area contributed by atoms with Crippen LogP contribution in [0.1, 0.15) is 11.4 Å². The first-order chi connectivity index (χ1) is 14.3. The second-order valence-corrected chi connectivity index (χ2v) is 6.76. The number of hydrogen-bond acceptors (Lipinski definition) is 3. The summed E-state index contributed by atoms with van der Waals surface area (Å²) in [7, 11) is 3.81. The summed E-state index contributed by atoms with van der Waals surface area (Å²) >= 11 is 0. The average molecular weight is 519 g/mol. The molecule has 0 saturated carbocycles. The van der Waals surface area contributed by atoms with Gasteiger partial charge in [-0.2, -0.15) is 0 Å². The highest BCUT2D eigenvalue weighted by atomic mass is 127. The lowest BCUT2D eigenvalue weighted by Gasteiger charge is -2.22. The van der Waals surface area contributed by atoms with Gasteiger partial charge in [-0.1, -0.05) is 48.5 Å². The second-order valence-electron chi connectivity index (χ2n) is 6.76. The molecule has 0 bridgehead atoms. The number of imidazole rings is 1. The van der Waals surface area contributed by atoms with Crippen molar-refractivity contribution in [1.82, 2.24) is 19.8 Å². The van der Waals surface area contributed by atoms with Crippen LogP contribution in [0.4, 0.5) is 0 Å². The molecule has 2 aromatic carbocycles. The van der Waals surface area contributed by atoms with Crippen LogP contribution < -0.4 is 10.1 Å². The van der Waals surface area contributed by atoms with Crippen molar-refractivity contribution in [3.8, 4) is 5.75 Å². The molecule has 7 heteroatoms. The van der Waals surface area contributed by atoms with E-state index in [1.54, 1.807) is 7.05 Å². The van der Waals surface area contributed by atoms with Gasteiger partial charge in [0.25, 0.3) is 0 Å². The summed E-state index contributed by atoms with van der Waals surface area (Å²) in [6.45, 7) is 2.95. The zero-order chi connectivity index (χ0) is 20.3. The molecule has 0 atom stereocenters. The third-order valence-electron chi connectivity index (χ3n) is 4.64. The molecular formula is C23H30IN5O. The molecule has 1 N–H and O–H groups in total. The third-order valence-corrected chi connectivity index (χ3v) is 4.64. The zero-order valence-electron chi connectivity index (χ0n) is 17.6. The maximum atomic E-state index is 5.77. The number of ether oxygens (including phenoxy) is 1. The van der Waals surface area contributed by atoms with Gasteiger partial charge in [-0.25, -0.2) is 4.98 Å². The molecule has 0 aliphatic rings. The fourth-order valence-corrected chi connectivity index (χ4v) is 3.09. The van der Waals surface area contributed by atoms with Crippen molar-refractivity contribution >= 4 is 29.9 Å². The summed E-state index contributed by atoms with van der Waals surface area (Å²) in [6.07, 6.45) is 4.72. The minimum absolute atomic E-state index is 0. The summed E-state index contributed by atoms with van der Waals surface area (Å²) in [6, 6.07) is 20.3. The average Bonchev–Trinajstić information content (AvgIpc) is 3.19. The number of para-hydroxylation sites is 1. The van der Waals surface area contributed by atoms with Crippen molar-refractivity contribution in [2.75, 3.05) is 33.8 Å². The van der Waals surface area contributed by atoms with Crippen LogP contribution in [0.25, 0.3) is 0 Å². The number of halogens is 1. The van der Waals surface area contributed by atoms with Crippen molar-refractivity contribution in [1.29, 1.82) is 0 Å². The molecule has 0 unspecified atom stereocenters. The summed E-state index contributed by atoms with van der Waals surface area (Å²) in [5, 5.41) is 3.41. The van der Waals surface area contributed by atoms with Gasteiger partial charge in [0.2, 0.25) is 0 Å². The molecule has 160 valence electrons. The van der Waals surface area contributed by atoms with Crippen LogP contribution in [-0.4, -0.2) is 54.2 Å². The Morgan fingerprint density at radius 1 is 1.10 bits per heavy atom. The van der Waals surface area contributed by atoms with Gasteiger partial charge < -0.3 is 19.5 Å². The maximum absolute atomic E-state index is 5.77. The van der Waals surface area contributed by atoms with Crippen LogP contribution in [0.3, 0.4) is 0 Å². The van der Waals surface area contributed by atoms with Crippen molar-refractivity contribution in [3.05, 3.63) is 84.4 Å². The molecule has 1 aromatic heterocycles. The van der Waals surface area contributed by atoms with Gasteiger partial charge in [0.1, 0.15) is 18.2 Å². The first-order valence-electron chi connectivity index (χ1n) is 9.90. The molecule has 0 fully saturated rings. The highest BCUT2D eigenvalue weighted by molar-refractivity contribution is 14.0. The van der Waals surface area contributed by atoms with Gasteiger partial charge in [0, 0.05) is 46.0 Å². The molecule has 0 amide bonds. The quantitative estimate of drug-likeness (QED) is 0.266. The molecule has 0 radical (unpaired) electrons. The molecule has 0 saturated heterocycles. The normalized spacial score (nSPS) is 10.9. The van der Waals surface area contributed by atoms with Crippen molar-refractivity contribution in [2.24, 2.45) is 4.99 Å². The minimum atomic E-state index is 0. The molecule has 1 heterocycles. The van der Waals surface area contributed by atoms with Crippen LogP contribution in [-0.2, 0) is 13.0 Å². The lowest BCUT2D eigenvalue weighted by molar-refractivity contribution is 0.281. The number of hydrogen-bond donors (Lipinski definition) is 1. The van der Waals surface area contributed by atoms with E-state index in [-0.39, 0.29) is 24.0 Å². The van der Waals surface area contributed by atoms with Gasteiger partial charge >= 0.3 is 0 Å². The van der Waals surface area contributed by atoms with Crippen molar-refractivity contribution in [3.63, 3.8) is 0 Å². The van der Waals surface area contributed by atoms with Gasteiger partial charge in [-0.3, -0.25) is 4.99 Å². The number of guanidine groups is 1. The largest absolute Gasteiger partial charge is 0.492 e. The number of nitrogens with one attached hydrogen (secondary N) is 1. The lowest BCUT2D eigenvalue weighted by Crippen LogP contribution is -2.41. The van der Waals surface area contributed by atoms with E-state index < -0.39 is 0 Å². The maximum Gasteiger partial charge on any atom is 0.193 e. The molecule has 3 rings (SSSR count). The van der Waals surface area contributed by atoms with E-state index in [1.807, 2.05) is 55.8 Å². The Kier molecular flexibility index (Phi) is 10.2. The second kappa shape index (κ2) is 12.9. The topological polar surface area (TPSA) is 54.7 Å². The highest BCUT2D eigenvalue weighted by Crippen LogP contribution is 2.08. The number of likely N-dealkylation sites (N-methyl/N-ethyl adjacent to an activating group) is 1. The van der Waals surface area contributed by atoms with Crippen LogP contribution in [0.15, 0.2) is 78.0 Å². The SMILES string of the molecule is CN=C(NCCc1nccn1Cc1ccccc1)N(C)CCOc1ccccc1.I. The van der Waals surface area contributed by atoms with Crippen LogP contribution in [0.2, 0.25) is 0 Å². The first-order valence-corrected chi connectivity index (χ1v) is 9.90. The third kappa shape index (κ3) is 7.37. The number of benzene rings is 2. The lowest BCUT2D eigenvalue weighted by atomic mass is 10.2. The van der Waals surface area contributed by atoms with Crippen molar-refractivity contribution in [2.45, 2.75) is 13.0 Å². The molecule has 0 spiro atoms. The van der Waals surface area contributed by atoms with E-state index in [4.69, 9.17) is 4.74 Å². The number of nitrogens with zero attached hydrogens (tertiary/aromatic N) is 4. The molecule has 30 heavy (non-hydrogen) atoms. The van der Waals surface area contributed by atoms with Gasteiger partial charge in [-0.05, 0) is 17.7 Å². The summed E-state index contributed by atoms with van der Waals surface area (Å²) in [5.41, 5.74) is 1.27. The Bertz CT molecular complexity index is 883. The number of rotatable bonds is 9. The molecule has 0 aliphatic heterocycles. The predicted molar refractivity (Wildman–Crippen MR) is 133 cm³/mol. The predicted octanol–water partition coefficient (Wildman–Crippen LogP) is 3.68. The molecular weight excluding hydrogens is 489 g/mol. The Labute approximate surface area is 196 Å². The van der Waals surface area contributed by atoms with Crippen LogP contribution in [0, 0.1) is 0 Å². The van der Waals surface area contributed by atoms with Crippen molar-refractivity contribution < 1.29 is 4.74 Å². The van der Waals surface area contributed by atoms with Gasteiger partial charge in [0.05, 0.1) is 6.54 Å². The van der Waals surface area contributed by atoms with Gasteiger partial charge in [0.15, 0.2) is 5.96 Å². The number of aromatic nitrogens is 2. The Morgan fingerprint density at radius 3 is 2.50 bits per heavy atom. The standard InChI is InChI=1S/C23H29N5O.HI/c1-24-23(27(2)17-18-29-21-11-7-4-8-12-21)26-14-13-22-25-15-16-28(22)19-20-9-5-3-6-10-20;/h3-12,15-16H,13-14,17-19H2,1-2H3,(H,24,26);1H. The van der Waals surface area contributed by atoms with E-state index in [9.17, 15) is 0 Å². The highest BCUT2D eigenvalue weighted by Gasteiger charge is 2.08. The monoisotopic (exact) mass is 519 g/mol. The van der Waals surface area contributed by atoms with E-state index in [2.05, 4.69) is 49.0 Å². The van der Waals surface area contributed by atoms with Crippen LogP contribution >= 0.6 is 24.0 Å². The van der Waals surface area contributed by atoms with E-state index >= 15 is 0 Å². The fraction of sp³-hybridized carbons (Fsp3) is 0.304. The smallest absolute Gasteiger partial charge is 0.193 e. The van der Waals surface area contributed by atoms with Crippen LogP contribution in [0.5, 0.6) is 5.75 Å². The zero-order valence-corrected chi connectivity index (χ0v) is 19.9. The Balaban J connectivity index is 0.00000320. The van der Waals surface area contributed by atoms with Gasteiger partial charge in [-0.15, -0.1) is 24.0 Å². The number of aliphatic imine (C=N–C) groups is 1. The molecule has 0 aliphatic carbocycles. The van der Waals surface area contributed by atoms with E-state index in [1.165, 1.54) is 5.56 Å². The van der Waals surface area contributed by atoms with E-state index in [0.29, 0.717) is 6.61 Å². The molecule has 3 aromatic rings. The summed E-state index contributed by atoms with van der Waals surface area (Å²) in [4.78, 5) is 11.0. The summed E-state index contributed by atoms with van der Waals surface area (Å²) in [5.74, 6) is 2.80. The Hall–Kier alpha value is -2.55. The summed E-state index contributed by atoms with van der Waals surface area (Å²) < 4.78 is 7.96. The fourth-order valence-electron chi connectivity index (χ4n) is 3.09. The van der Waals surface area contributed by atoms with E-state index in [0.717, 1.165) is 43.6 Å². The molecule has 6 nitrogen and oxygen atoms in total. The Morgan fingerprint density at radius 2 is 1.80 bits per heavy atom. The minimum Gasteiger partial charge on any atom is -0.492 e.